The number of hydrogen-bond donors (Lipinski definition) is 3. The molecule has 104 valence electrons. The third-order valence-corrected chi connectivity index (χ3v) is 3.00. The Morgan fingerprint density at radius 3 is 2.89 bits per heavy atom. The number of β-amino-alcohol motifs (C(OH)–C–C–N with tert-alkyl or cyclic N) is 1. The molecule has 3 N–H and O–H groups in total. The Morgan fingerprint density at radius 2 is 2.26 bits per heavy atom. The summed E-state index contributed by atoms with van der Waals surface area (Å²) in [5, 5.41) is 25.0. The van der Waals surface area contributed by atoms with Gasteiger partial charge in [-0.2, -0.15) is 5.10 Å². The van der Waals surface area contributed by atoms with E-state index in [1.807, 2.05) is 0 Å². The normalized spacial score (nSPS) is 22.5. The van der Waals surface area contributed by atoms with E-state index in [9.17, 15) is 14.7 Å². The number of nitrogens with zero attached hydrogens (tertiary/aromatic N) is 3. The molecular weight excluding hydrogens is 252 g/mol. The summed E-state index contributed by atoms with van der Waals surface area (Å²) in [5.74, 6) is -1.10. The maximum atomic E-state index is 11.8. The second-order valence-corrected chi connectivity index (χ2v) is 4.40. The van der Waals surface area contributed by atoms with Crippen LogP contribution in [0.5, 0.6) is 0 Å². The van der Waals surface area contributed by atoms with Gasteiger partial charge >= 0.3 is 12.0 Å². The number of carboxylic acids is 1. The number of aliphatic hydroxyl groups is 1. The Labute approximate surface area is 109 Å². The zero-order valence-corrected chi connectivity index (χ0v) is 10.3. The number of carboxylic acid groups (broad SMARTS) is 1. The van der Waals surface area contributed by atoms with Crippen molar-refractivity contribution in [3.05, 3.63) is 18.5 Å². The molecule has 1 aromatic heterocycles. The molecule has 1 aromatic rings. The van der Waals surface area contributed by atoms with Crippen molar-refractivity contribution in [1.29, 1.82) is 0 Å². The van der Waals surface area contributed by atoms with Crippen LogP contribution in [0.15, 0.2) is 18.5 Å². The van der Waals surface area contributed by atoms with Gasteiger partial charge in [0.25, 0.3) is 0 Å². The number of aliphatic carboxylic acids is 1. The number of urea groups is 1. The highest BCUT2D eigenvalue weighted by molar-refractivity contribution is 5.83. The molecule has 0 aliphatic carbocycles. The fourth-order valence-electron chi connectivity index (χ4n) is 2.08. The highest BCUT2D eigenvalue weighted by atomic mass is 16.4. The summed E-state index contributed by atoms with van der Waals surface area (Å²) in [7, 11) is 0. The fourth-order valence-corrected chi connectivity index (χ4v) is 2.08. The summed E-state index contributed by atoms with van der Waals surface area (Å²) < 4.78 is 1.66. The molecule has 0 spiro atoms. The van der Waals surface area contributed by atoms with Gasteiger partial charge in [0.05, 0.1) is 12.6 Å². The second-order valence-electron chi connectivity index (χ2n) is 4.40. The van der Waals surface area contributed by atoms with Gasteiger partial charge in [0.1, 0.15) is 6.04 Å². The van der Waals surface area contributed by atoms with Crippen LogP contribution in [0.3, 0.4) is 0 Å². The van der Waals surface area contributed by atoms with E-state index in [2.05, 4.69) is 10.4 Å². The van der Waals surface area contributed by atoms with Crippen molar-refractivity contribution < 1.29 is 19.8 Å². The molecule has 0 bridgehead atoms. The first kappa shape index (κ1) is 13.3. The first-order valence-electron chi connectivity index (χ1n) is 6.00. The maximum absolute atomic E-state index is 11.8. The average molecular weight is 268 g/mol. The summed E-state index contributed by atoms with van der Waals surface area (Å²) in [6.45, 7) is 0.900. The standard InChI is InChI=1S/C11H16N4O4/c16-8-6-9(10(17)18)15(7-8)11(19)12-3-5-14-4-1-2-13-14/h1-2,4,8-9,16H,3,5-7H2,(H,12,19)(H,17,18). The van der Waals surface area contributed by atoms with Crippen LogP contribution in [-0.4, -0.2) is 62.1 Å². The Balaban J connectivity index is 1.83. The molecule has 2 unspecified atom stereocenters. The van der Waals surface area contributed by atoms with Crippen LogP contribution in [0.4, 0.5) is 4.79 Å². The van der Waals surface area contributed by atoms with Crippen molar-refractivity contribution in [3.8, 4) is 0 Å². The number of rotatable bonds is 4. The third-order valence-electron chi connectivity index (χ3n) is 3.00. The average Bonchev–Trinajstić information content (AvgIpc) is 2.98. The van der Waals surface area contributed by atoms with E-state index in [-0.39, 0.29) is 13.0 Å². The molecule has 1 aliphatic heterocycles. The maximum Gasteiger partial charge on any atom is 0.326 e. The number of likely N-dealkylation sites (tertiary alicyclic amines) is 1. The van der Waals surface area contributed by atoms with Crippen LogP contribution in [0, 0.1) is 0 Å². The lowest BCUT2D eigenvalue weighted by Gasteiger charge is -2.21. The highest BCUT2D eigenvalue weighted by Crippen LogP contribution is 2.17. The van der Waals surface area contributed by atoms with Crippen molar-refractivity contribution in [2.24, 2.45) is 0 Å². The fraction of sp³-hybridized carbons (Fsp3) is 0.545. The molecule has 0 saturated carbocycles. The van der Waals surface area contributed by atoms with Gasteiger partial charge in [-0.3, -0.25) is 4.68 Å². The molecule has 0 aromatic carbocycles. The van der Waals surface area contributed by atoms with E-state index in [1.54, 1.807) is 23.1 Å². The minimum atomic E-state index is -1.10. The Kier molecular flexibility index (Phi) is 4.00. The zero-order chi connectivity index (χ0) is 13.8. The number of aliphatic hydroxyl groups excluding tert-OH is 1. The van der Waals surface area contributed by atoms with Crippen molar-refractivity contribution in [2.45, 2.75) is 25.1 Å². The second kappa shape index (κ2) is 5.70. The van der Waals surface area contributed by atoms with Crippen molar-refractivity contribution >= 4 is 12.0 Å². The molecule has 2 amide bonds. The minimum Gasteiger partial charge on any atom is -0.480 e. The lowest BCUT2D eigenvalue weighted by molar-refractivity contribution is -0.141. The lowest BCUT2D eigenvalue weighted by atomic mass is 10.2. The molecule has 8 heteroatoms. The van der Waals surface area contributed by atoms with E-state index in [4.69, 9.17) is 5.11 Å². The van der Waals surface area contributed by atoms with E-state index < -0.39 is 24.1 Å². The van der Waals surface area contributed by atoms with Gasteiger partial charge in [-0.25, -0.2) is 9.59 Å². The van der Waals surface area contributed by atoms with Gasteiger partial charge in [-0.15, -0.1) is 0 Å². The largest absolute Gasteiger partial charge is 0.480 e. The molecule has 8 nitrogen and oxygen atoms in total. The molecule has 2 atom stereocenters. The van der Waals surface area contributed by atoms with Gasteiger partial charge in [0.2, 0.25) is 0 Å². The number of carbonyl (C=O) groups excluding carboxylic acids is 1. The number of aromatic nitrogens is 2. The smallest absolute Gasteiger partial charge is 0.326 e. The SMILES string of the molecule is O=C(O)C1CC(O)CN1C(=O)NCCn1cccn1. The molecule has 2 heterocycles. The Bertz CT molecular complexity index is 448. The van der Waals surface area contributed by atoms with Gasteiger partial charge in [-0.05, 0) is 6.07 Å². The van der Waals surface area contributed by atoms with E-state index >= 15 is 0 Å². The quantitative estimate of drug-likeness (QED) is 0.656. The lowest BCUT2D eigenvalue weighted by Crippen LogP contribution is -2.46. The molecular formula is C11H16N4O4. The number of amides is 2. The van der Waals surface area contributed by atoms with Crippen LogP contribution in [0.1, 0.15) is 6.42 Å². The topological polar surface area (TPSA) is 108 Å². The van der Waals surface area contributed by atoms with E-state index in [0.717, 1.165) is 4.90 Å². The van der Waals surface area contributed by atoms with Gasteiger partial charge in [-0.1, -0.05) is 0 Å². The van der Waals surface area contributed by atoms with E-state index in [0.29, 0.717) is 13.1 Å². The molecule has 1 saturated heterocycles. The van der Waals surface area contributed by atoms with Gasteiger partial charge in [0.15, 0.2) is 0 Å². The number of carbonyl (C=O) groups is 2. The summed E-state index contributed by atoms with van der Waals surface area (Å²) in [5.41, 5.74) is 0. The van der Waals surface area contributed by atoms with E-state index in [1.165, 1.54) is 0 Å². The first-order valence-corrected chi connectivity index (χ1v) is 6.00. The van der Waals surface area contributed by atoms with Crippen molar-refractivity contribution in [1.82, 2.24) is 20.0 Å². The molecule has 19 heavy (non-hydrogen) atoms. The minimum absolute atomic E-state index is 0.0462. The van der Waals surface area contributed by atoms with Crippen LogP contribution >= 0.6 is 0 Å². The van der Waals surface area contributed by atoms with Gasteiger partial charge < -0.3 is 20.4 Å². The van der Waals surface area contributed by atoms with Crippen molar-refractivity contribution in [3.63, 3.8) is 0 Å². The predicted molar refractivity (Wildman–Crippen MR) is 64.4 cm³/mol. The third kappa shape index (κ3) is 3.22. The molecule has 2 rings (SSSR count). The Morgan fingerprint density at radius 1 is 1.47 bits per heavy atom. The van der Waals surface area contributed by atoms with Crippen molar-refractivity contribution in [2.75, 3.05) is 13.1 Å². The zero-order valence-electron chi connectivity index (χ0n) is 10.3. The summed E-state index contributed by atoms with van der Waals surface area (Å²) in [4.78, 5) is 24.0. The first-order chi connectivity index (χ1) is 9.08. The summed E-state index contributed by atoms with van der Waals surface area (Å²) >= 11 is 0. The predicted octanol–water partition coefficient (Wildman–Crippen LogP) is -0.887. The van der Waals surface area contributed by atoms with Crippen LogP contribution < -0.4 is 5.32 Å². The van der Waals surface area contributed by atoms with Crippen LogP contribution in [0.2, 0.25) is 0 Å². The van der Waals surface area contributed by atoms with Gasteiger partial charge in [0, 0.05) is 31.9 Å². The number of nitrogens with one attached hydrogen (secondary N) is 1. The van der Waals surface area contributed by atoms with Crippen LogP contribution in [-0.2, 0) is 11.3 Å². The Hall–Kier alpha value is -2.09. The molecule has 0 radical (unpaired) electrons. The summed E-state index contributed by atoms with van der Waals surface area (Å²) in [6.07, 6.45) is 2.70. The monoisotopic (exact) mass is 268 g/mol. The molecule has 1 fully saturated rings. The summed E-state index contributed by atoms with van der Waals surface area (Å²) in [6, 6.07) is 0.342. The number of hydrogen-bond acceptors (Lipinski definition) is 4. The highest BCUT2D eigenvalue weighted by Gasteiger charge is 2.38. The molecule has 1 aliphatic rings. The van der Waals surface area contributed by atoms with Crippen LogP contribution in [0.25, 0.3) is 0 Å².